The molecule has 0 unspecified atom stereocenters. The molecule has 1 fully saturated rings. The molecule has 0 aromatic carbocycles. The molecule has 2 aromatic rings. The summed E-state index contributed by atoms with van der Waals surface area (Å²) in [7, 11) is 0. The minimum absolute atomic E-state index is 0.114. The standard InChI is InChI=1S/C20H29N5O/c1-15-16(2)23-25(17(15)3)11-8-20(26)22-19-7-5-10-24(14-19)13-18-6-4-9-21-12-18/h4,6,9,12,19H,5,7-8,10-11,13-14H2,1-3H3,(H,22,26)/t19-/m1/s1. The molecule has 1 amide bonds. The van der Waals surface area contributed by atoms with E-state index in [2.05, 4.69) is 40.2 Å². The highest BCUT2D eigenvalue weighted by Crippen LogP contribution is 2.14. The van der Waals surface area contributed by atoms with Gasteiger partial charge >= 0.3 is 0 Å². The van der Waals surface area contributed by atoms with Gasteiger partial charge in [0.1, 0.15) is 0 Å². The van der Waals surface area contributed by atoms with Crippen molar-refractivity contribution in [1.29, 1.82) is 0 Å². The second-order valence-corrected chi connectivity index (χ2v) is 7.27. The Labute approximate surface area is 155 Å². The van der Waals surface area contributed by atoms with Crippen LogP contribution in [0.2, 0.25) is 0 Å². The number of carbonyl (C=O) groups is 1. The number of likely N-dealkylation sites (tertiary alicyclic amines) is 1. The number of nitrogens with zero attached hydrogens (tertiary/aromatic N) is 4. The maximum Gasteiger partial charge on any atom is 0.222 e. The third-order valence-electron chi connectivity index (χ3n) is 5.29. The number of rotatable bonds is 6. The van der Waals surface area contributed by atoms with E-state index in [-0.39, 0.29) is 11.9 Å². The normalized spacial score (nSPS) is 18.0. The monoisotopic (exact) mass is 355 g/mol. The maximum atomic E-state index is 12.4. The van der Waals surface area contributed by atoms with Gasteiger partial charge in [-0.25, -0.2) is 0 Å². The SMILES string of the molecule is Cc1nn(CCC(=O)N[C@@H]2CCCN(Cc3cccnc3)C2)c(C)c1C. The highest BCUT2D eigenvalue weighted by molar-refractivity contribution is 5.76. The van der Waals surface area contributed by atoms with Gasteiger partial charge in [-0.3, -0.25) is 19.4 Å². The summed E-state index contributed by atoms with van der Waals surface area (Å²) in [5, 5.41) is 7.72. The predicted molar refractivity (Wildman–Crippen MR) is 102 cm³/mol. The number of aryl methyl sites for hydroxylation is 2. The molecule has 140 valence electrons. The summed E-state index contributed by atoms with van der Waals surface area (Å²) in [6.07, 6.45) is 6.35. The third-order valence-corrected chi connectivity index (χ3v) is 5.29. The summed E-state index contributed by atoms with van der Waals surface area (Å²) >= 11 is 0. The molecule has 6 nitrogen and oxygen atoms in total. The molecule has 6 heteroatoms. The fourth-order valence-electron chi connectivity index (χ4n) is 3.58. The Kier molecular flexibility index (Phi) is 6.04. The zero-order valence-corrected chi connectivity index (χ0v) is 16.0. The van der Waals surface area contributed by atoms with E-state index in [1.54, 1.807) is 6.20 Å². The molecule has 2 aromatic heterocycles. The first-order valence-electron chi connectivity index (χ1n) is 9.44. The van der Waals surface area contributed by atoms with Crippen LogP contribution in [0.5, 0.6) is 0 Å². The summed E-state index contributed by atoms with van der Waals surface area (Å²) < 4.78 is 1.94. The average molecular weight is 355 g/mol. The van der Waals surface area contributed by atoms with E-state index in [0.29, 0.717) is 13.0 Å². The highest BCUT2D eigenvalue weighted by atomic mass is 16.1. The van der Waals surface area contributed by atoms with Crippen LogP contribution in [0.4, 0.5) is 0 Å². The van der Waals surface area contributed by atoms with Crippen molar-refractivity contribution in [2.24, 2.45) is 0 Å². The number of pyridine rings is 1. The Bertz CT molecular complexity index is 740. The van der Waals surface area contributed by atoms with Gasteiger partial charge in [0.2, 0.25) is 5.91 Å². The van der Waals surface area contributed by atoms with Crippen LogP contribution in [0, 0.1) is 20.8 Å². The number of amides is 1. The number of hydrogen-bond acceptors (Lipinski definition) is 4. The Morgan fingerprint density at radius 3 is 2.88 bits per heavy atom. The molecular formula is C20H29N5O. The fourth-order valence-corrected chi connectivity index (χ4v) is 3.58. The smallest absolute Gasteiger partial charge is 0.222 e. The van der Waals surface area contributed by atoms with Crippen LogP contribution in [0.15, 0.2) is 24.5 Å². The Hall–Kier alpha value is -2.21. The molecular weight excluding hydrogens is 326 g/mol. The molecule has 1 aliphatic rings. The summed E-state index contributed by atoms with van der Waals surface area (Å²) in [4.78, 5) is 19.0. The second kappa shape index (κ2) is 8.45. The van der Waals surface area contributed by atoms with Gasteiger partial charge in [-0.1, -0.05) is 6.07 Å². The van der Waals surface area contributed by atoms with Crippen molar-refractivity contribution in [3.63, 3.8) is 0 Å². The van der Waals surface area contributed by atoms with Gasteiger partial charge in [-0.2, -0.15) is 5.10 Å². The van der Waals surface area contributed by atoms with Crippen LogP contribution in [0.3, 0.4) is 0 Å². The summed E-state index contributed by atoms with van der Waals surface area (Å²) in [6, 6.07) is 4.31. The number of hydrogen-bond donors (Lipinski definition) is 1. The van der Waals surface area contributed by atoms with E-state index < -0.39 is 0 Å². The van der Waals surface area contributed by atoms with Crippen molar-refractivity contribution in [2.45, 2.75) is 59.2 Å². The van der Waals surface area contributed by atoms with Crippen molar-refractivity contribution in [3.8, 4) is 0 Å². The summed E-state index contributed by atoms with van der Waals surface area (Å²) in [5.41, 5.74) is 4.62. The van der Waals surface area contributed by atoms with Crippen LogP contribution >= 0.6 is 0 Å². The van der Waals surface area contributed by atoms with Crippen molar-refractivity contribution in [1.82, 2.24) is 25.0 Å². The molecule has 0 spiro atoms. The van der Waals surface area contributed by atoms with E-state index in [4.69, 9.17) is 0 Å². The van der Waals surface area contributed by atoms with Crippen molar-refractivity contribution in [3.05, 3.63) is 47.0 Å². The first-order chi connectivity index (χ1) is 12.5. The molecule has 3 heterocycles. The van der Waals surface area contributed by atoms with Gasteiger partial charge in [0.05, 0.1) is 5.69 Å². The molecule has 1 aliphatic heterocycles. The van der Waals surface area contributed by atoms with Crippen LogP contribution in [0.1, 0.15) is 41.8 Å². The van der Waals surface area contributed by atoms with Gasteiger partial charge in [0, 0.05) is 50.2 Å². The lowest BCUT2D eigenvalue weighted by atomic mass is 10.0. The molecule has 26 heavy (non-hydrogen) atoms. The van der Waals surface area contributed by atoms with E-state index in [0.717, 1.165) is 43.9 Å². The number of piperidine rings is 1. The molecule has 1 N–H and O–H groups in total. The molecule has 1 atom stereocenters. The average Bonchev–Trinajstić information content (AvgIpc) is 2.88. The molecule has 0 saturated carbocycles. The lowest BCUT2D eigenvalue weighted by Gasteiger charge is -2.33. The number of aromatic nitrogens is 3. The summed E-state index contributed by atoms with van der Waals surface area (Å²) in [6.45, 7) is 9.66. The van der Waals surface area contributed by atoms with E-state index in [1.165, 1.54) is 11.1 Å². The van der Waals surface area contributed by atoms with Gasteiger partial charge < -0.3 is 5.32 Å². The maximum absolute atomic E-state index is 12.4. The van der Waals surface area contributed by atoms with Crippen LogP contribution in [0.25, 0.3) is 0 Å². The van der Waals surface area contributed by atoms with Gasteiger partial charge in [0.15, 0.2) is 0 Å². The lowest BCUT2D eigenvalue weighted by Crippen LogP contribution is -2.47. The number of nitrogens with one attached hydrogen (secondary N) is 1. The zero-order valence-electron chi connectivity index (χ0n) is 16.0. The number of carbonyl (C=O) groups excluding carboxylic acids is 1. The Morgan fingerprint density at radius 2 is 2.19 bits per heavy atom. The first kappa shape index (κ1) is 18.6. The molecule has 1 saturated heterocycles. The van der Waals surface area contributed by atoms with Crippen molar-refractivity contribution < 1.29 is 4.79 Å². The predicted octanol–water partition coefficient (Wildman–Crippen LogP) is 2.37. The third kappa shape index (κ3) is 4.69. The Morgan fingerprint density at radius 1 is 1.35 bits per heavy atom. The minimum atomic E-state index is 0.114. The van der Waals surface area contributed by atoms with Crippen LogP contribution < -0.4 is 5.32 Å². The largest absolute Gasteiger partial charge is 0.352 e. The Balaban J connectivity index is 1.47. The molecule has 0 bridgehead atoms. The molecule has 0 radical (unpaired) electrons. The van der Waals surface area contributed by atoms with Crippen molar-refractivity contribution in [2.75, 3.05) is 13.1 Å². The quantitative estimate of drug-likeness (QED) is 0.864. The van der Waals surface area contributed by atoms with E-state index in [9.17, 15) is 4.79 Å². The first-order valence-corrected chi connectivity index (χ1v) is 9.44. The van der Waals surface area contributed by atoms with Gasteiger partial charge in [-0.15, -0.1) is 0 Å². The van der Waals surface area contributed by atoms with Crippen molar-refractivity contribution >= 4 is 5.91 Å². The van der Waals surface area contributed by atoms with Crippen LogP contribution in [-0.4, -0.2) is 44.7 Å². The summed E-state index contributed by atoms with van der Waals surface area (Å²) in [5.74, 6) is 0.114. The fraction of sp³-hybridized carbons (Fsp3) is 0.550. The molecule has 3 rings (SSSR count). The van der Waals surface area contributed by atoms with E-state index in [1.807, 2.05) is 23.9 Å². The van der Waals surface area contributed by atoms with E-state index >= 15 is 0 Å². The lowest BCUT2D eigenvalue weighted by molar-refractivity contribution is -0.122. The highest BCUT2D eigenvalue weighted by Gasteiger charge is 2.21. The molecule has 0 aliphatic carbocycles. The second-order valence-electron chi connectivity index (χ2n) is 7.27. The topological polar surface area (TPSA) is 63.1 Å². The zero-order chi connectivity index (χ0) is 18.5. The van der Waals surface area contributed by atoms with Gasteiger partial charge in [-0.05, 0) is 57.4 Å². The van der Waals surface area contributed by atoms with Gasteiger partial charge in [0.25, 0.3) is 0 Å². The minimum Gasteiger partial charge on any atom is -0.352 e. The van der Waals surface area contributed by atoms with Crippen LogP contribution in [-0.2, 0) is 17.9 Å².